The third-order valence-corrected chi connectivity index (χ3v) is 2.13. The number of hydroxylamine groups is 2. The minimum absolute atomic E-state index is 0.0463. The van der Waals surface area contributed by atoms with Crippen molar-refractivity contribution in [2.24, 2.45) is 0 Å². The molecule has 0 aliphatic rings. The average molecular weight is 245 g/mol. The second-order valence-electron chi connectivity index (χ2n) is 2.95. The molecule has 7 heteroatoms. The number of aromatic nitrogens is 1. The molecule has 6 nitrogen and oxygen atoms in total. The van der Waals surface area contributed by atoms with Crippen LogP contribution in [-0.2, 0) is 4.79 Å². The van der Waals surface area contributed by atoms with Gasteiger partial charge < -0.3 is 9.90 Å². The summed E-state index contributed by atoms with van der Waals surface area (Å²) in [7, 11) is 0. The maximum absolute atomic E-state index is 10.6. The van der Waals surface area contributed by atoms with Gasteiger partial charge in [-0.1, -0.05) is 11.6 Å². The summed E-state index contributed by atoms with van der Waals surface area (Å²) < 4.78 is 0. The van der Waals surface area contributed by atoms with Gasteiger partial charge in [-0.15, -0.1) is 0 Å². The van der Waals surface area contributed by atoms with Gasteiger partial charge in [0.05, 0.1) is 10.7 Å². The fraction of sp³-hybridized carbons (Fsp3) is 0.222. The molecule has 0 aromatic carbocycles. The maximum Gasteiger partial charge on any atom is 0.431 e. The van der Waals surface area contributed by atoms with E-state index in [1.54, 1.807) is 0 Å². The molecule has 0 saturated heterocycles. The minimum Gasteiger partial charge on any atom is -0.463 e. The number of hydrogen-bond acceptors (Lipinski definition) is 4. The van der Waals surface area contributed by atoms with Gasteiger partial charge in [0.25, 0.3) is 0 Å². The Morgan fingerprint density at radius 1 is 1.62 bits per heavy atom. The quantitative estimate of drug-likeness (QED) is 0.478. The van der Waals surface area contributed by atoms with Crippen molar-refractivity contribution in [3.05, 3.63) is 29.0 Å². The third kappa shape index (κ3) is 2.91. The Morgan fingerprint density at radius 3 is 2.75 bits per heavy atom. The molecule has 1 aromatic heterocycles. The minimum atomic E-state index is -1.55. The number of nitrogens with zero attached hydrogens (tertiary/aromatic N) is 2. The molecule has 0 saturated carbocycles. The van der Waals surface area contributed by atoms with Crippen LogP contribution in [0.15, 0.2) is 18.3 Å². The van der Waals surface area contributed by atoms with E-state index in [0.717, 1.165) is 0 Å². The van der Waals surface area contributed by atoms with E-state index in [2.05, 4.69) is 4.98 Å². The predicted octanol–water partition coefficient (Wildman–Crippen LogP) is 1.73. The lowest BCUT2D eigenvalue weighted by molar-refractivity contribution is -0.119. The van der Waals surface area contributed by atoms with Gasteiger partial charge in [0, 0.05) is 12.6 Å². The molecular formula is C9H9ClN2O4. The third-order valence-electron chi connectivity index (χ3n) is 1.90. The van der Waals surface area contributed by atoms with Crippen molar-refractivity contribution in [2.45, 2.75) is 12.5 Å². The summed E-state index contributed by atoms with van der Waals surface area (Å²) in [6.07, 6.45) is 0.0816. The van der Waals surface area contributed by atoms with Gasteiger partial charge in [-0.05, 0) is 12.1 Å². The molecule has 0 radical (unpaired) electrons. The highest BCUT2D eigenvalue weighted by molar-refractivity contribution is 6.30. The number of hydrogen-bond donors (Lipinski definition) is 2. The molecule has 1 unspecified atom stereocenters. The Balaban J connectivity index is 2.97. The Labute approximate surface area is 96.0 Å². The SMILES string of the molecule is O=CCC(c1ccc(Cl)cn1)N(O)C(=O)O. The molecule has 2 N–H and O–H groups in total. The highest BCUT2D eigenvalue weighted by Crippen LogP contribution is 2.21. The van der Waals surface area contributed by atoms with Crippen LogP contribution in [0.25, 0.3) is 0 Å². The van der Waals surface area contributed by atoms with Crippen molar-refractivity contribution in [1.82, 2.24) is 10.0 Å². The zero-order valence-electron chi connectivity index (χ0n) is 8.08. The van der Waals surface area contributed by atoms with Gasteiger partial charge >= 0.3 is 6.09 Å². The fourth-order valence-electron chi connectivity index (χ4n) is 1.15. The first-order chi connectivity index (χ1) is 7.56. The summed E-state index contributed by atoms with van der Waals surface area (Å²) >= 11 is 5.61. The van der Waals surface area contributed by atoms with Crippen molar-refractivity contribution in [3.63, 3.8) is 0 Å². The van der Waals surface area contributed by atoms with Crippen LogP contribution in [0, 0.1) is 0 Å². The predicted molar refractivity (Wildman–Crippen MR) is 54.3 cm³/mol. The molecule has 0 bridgehead atoms. The van der Waals surface area contributed by atoms with Crippen LogP contribution in [0.2, 0.25) is 5.02 Å². The topological polar surface area (TPSA) is 90.7 Å². The standard InChI is InChI=1S/C9H9ClN2O4/c10-6-1-2-7(11-5-6)8(3-4-13)12(16)9(14)15/h1-2,4-5,8,16H,3H2,(H,14,15). The van der Waals surface area contributed by atoms with Gasteiger partial charge in [-0.2, -0.15) is 5.06 Å². The molecule has 0 fully saturated rings. The summed E-state index contributed by atoms with van der Waals surface area (Å²) in [6.45, 7) is 0. The van der Waals surface area contributed by atoms with Gasteiger partial charge in [0.1, 0.15) is 12.3 Å². The summed E-state index contributed by atoms with van der Waals surface area (Å²) in [5.74, 6) is 0. The first-order valence-corrected chi connectivity index (χ1v) is 4.70. The molecule has 1 amide bonds. The Morgan fingerprint density at radius 2 is 2.31 bits per heavy atom. The number of amides is 1. The monoisotopic (exact) mass is 244 g/mol. The maximum atomic E-state index is 10.6. The van der Waals surface area contributed by atoms with Crippen molar-refractivity contribution < 1.29 is 19.9 Å². The first kappa shape index (κ1) is 12.4. The van der Waals surface area contributed by atoms with E-state index >= 15 is 0 Å². The number of aldehydes is 1. The number of rotatable bonds is 4. The van der Waals surface area contributed by atoms with E-state index in [9.17, 15) is 14.8 Å². The lowest BCUT2D eigenvalue weighted by Gasteiger charge is -2.20. The average Bonchev–Trinajstić information content (AvgIpc) is 2.26. The van der Waals surface area contributed by atoms with Crippen LogP contribution in [0.4, 0.5) is 4.79 Å². The Bertz CT molecular complexity index is 382. The van der Waals surface area contributed by atoms with Crippen molar-refractivity contribution in [1.29, 1.82) is 0 Å². The second-order valence-corrected chi connectivity index (χ2v) is 3.38. The molecular weight excluding hydrogens is 236 g/mol. The largest absolute Gasteiger partial charge is 0.463 e. The molecule has 1 aromatic rings. The highest BCUT2D eigenvalue weighted by Gasteiger charge is 2.24. The van der Waals surface area contributed by atoms with Gasteiger partial charge in [-0.3, -0.25) is 10.2 Å². The van der Waals surface area contributed by atoms with Crippen LogP contribution < -0.4 is 0 Å². The van der Waals surface area contributed by atoms with E-state index in [-0.39, 0.29) is 17.2 Å². The lowest BCUT2D eigenvalue weighted by atomic mass is 10.1. The van der Waals surface area contributed by atoms with Crippen LogP contribution in [0.1, 0.15) is 18.2 Å². The van der Waals surface area contributed by atoms with Crippen molar-refractivity contribution >= 4 is 24.0 Å². The van der Waals surface area contributed by atoms with E-state index in [1.807, 2.05) is 0 Å². The molecule has 0 spiro atoms. The molecule has 86 valence electrons. The van der Waals surface area contributed by atoms with E-state index in [1.165, 1.54) is 18.3 Å². The second kappa shape index (κ2) is 5.43. The van der Waals surface area contributed by atoms with Gasteiger partial charge in [0.2, 0.25) is 0 Å². The molecule has 0 aliphatic heterocycles. The molecule has 16 heavy (non-hydrogen) atoms. The van der Waals surface area contributed by atoms with Crippen LogP contribution in [0.3, 0.4) is 0 Å². The highest BCUT2D eigenvalue weighted by atomic mass is 35.5. The van der Waals surface area contributed by atoms with Crippen LogP contribution in [0.5, 0.6) is 0 Å². The number of halogens is 1. The summed E-state index contributed by atoms with van der Waals surface area (Å²) in [5, 5.41) is 18.3. The molecule has 1 heterocycles. The zero-order chi connectivity index (χ0) is 12.1. The van der Waals surface area contributed by atoms with E-state index in [0.29, 0.717) is 11.3 Å². The molecule has 1 atom stereocenters. The summed E-state index contributed by atoms with van der Waals surface area (Å²) in [6, 6.07) is 1.92. The van der Waals surface area contributed by atoms with E-state index in [4.69, 9.17) is 16.7 Å². The normalized spacial score (nSPS) is 11.9. The number of carboxylic acid groups (broad SMARTS) is 1. The van der Waals surface area contributed by atoms with Crippen LogP contribution in [-0.4, -0.2) is 32.7 Å². The summed E-state index contributed by atoms with van der Waals surface area (Å²) in [5.41, 5.74) is 0.251. The number of carbonyl (C=O) groups is 2. The number of carbonyl (C=O) groups excluding carboxylic acids is 1. The Kier molecular flexibility index (Phi) is 4.21. The zero-order valence-corrected chi connectivity index (χ0v) is 8.83. The van der Waals surface area contributed by atoms with Crippen molar-refractivity contribution in [2.75, 3.05) is 0 Å². The Hall–Kier alpha value is -1.66. The first-order valence-electron chi connectivity index (χ1n) is 4.32. The summed E-state index contributed by atoms with van der Waals surface area (Å²) in [4.78, 5) is 24.8. The van der Waals surface area contributed by atoms with Gasteiger partial charge in [0.15, 0.2) is 0 Å². The number of pyridine rings is 1. The van der Waals surface area contributed by atoms with Gasteiger partial charge in [-0.25, -0.2) is 4.79 Å². The van der Waals surface area contributed by atoms with Crippen molar-refractivity contribution in [3.8, 4) is 0 Å². The molecule has 0 aliphatic carbocycles. The smallest absolute Gasteiger partial charge is 0.431 e. The molecule has 1 rings (SSSR count). The fourth-order valence-corrected chi connectivity index (χ4v) is 1.27. The van der Waals surface area contributed by atoms with E-state index < -0.39 is 12.1 Å². The van der Waals surface area contributed by atoms with Crippen LogP contribution >= 0.6 is 11.6 Å². The lowest BCUT2D eigenvalue weighted by Crippen LogP contribution is -2.31.